The predicted octanol–water partition coefficient (Wildman–Crippen LogP) is 3.63. The lowest BCUT2D eigenvalue weighted by Crippen LogP contribution is -2.46. The number of carbonyl (C=O) groups excluding carboxylic acids is 1. The molecule has 122 valence electrons. The van der Waals surface area contributed by atoms with Crippen molar-refractivity contribution in [2.45, 2.75) is 26.2 Å². The fourth-order valence-electron chi connectivity index (χ4n) is 2.66. The first-order valence-electron chi connectivity index (χ1n) is 7.22. The van der Waals surface area contributed by atoms with Crippen molar-refractivity contribution in [3.8, 4) is 0 Å². The largest absolute Gasteiger partial charge is 0.396 e. The van der Waals surface area contributed by atoms with Gasteiger partial charge in [-0.3, -0.25) is 0 Å². The minimum Gasteiger partial charge on any atom is -0.396 e. The number of carbonyl (C=O) groups is 1. The molecular formula is C15H19ClF2N2O2. The van der Waals surface area contributed by atoms with Gasteiger partial charge < -0.3 is 15.3 Å². The van der Waals surface area contributed by atoms with E-state index in [1.165, 1.54) is 4.90 Å². The standard InChI is InChI=1S/C15H19ClF2N2O2/c1-2-15(9-21)3-5-20(6-4-15)14(22)19-13-11(17)7-10(16)8-12(13)18/h7-8,21H,2-6,9H2,1H3,(H,19,22). The molecule has 0 radical (unpaired) electrons. The first kappa shape index (κ1) is 17.0. The molecule has 4 nitrogen and oxygen atoms in total. The number of urea groups is 1. The number of hydrogen-bond donors (Lipinski definition) is 2. The molecule has 1 fully saturated rings. The maximum atomic E-state index is 13.7. The van der Waals surface area contributed by atoms with Crippen LogP contribution in [0.2, 0.25) is 5.02 Å². The molecule has 1 aliphatic rings. The average molecular weight is 333 g/mol. The van der Waals surface area contributed by atoms with Gasteiger partial charge in [-0.05, 0) is 36.8 Å². The van der Waals surface area contributed by atoms with E-state index in [9.17, 15) is 18.7 Å². The summed E-state index contributed by atoms with van der Waals surface area (Å²) in [6.45, 7) is 2.97. The Morgan fingerprint density at radius 1 is 1.36 bits per heavy atom. The van der Waals surface area contributed by atoms with E-state index in [1.54, 1.807) is 0 Å². The van der Waals surface area contributed by atoms with Gasteiger partial charge in [0.25, 0.3) is 0 Å². The van der Waals surface area contributed by atoms with Crippen LogP contribution >= 0.6 is 11.6 Å². The van der Waals surface area contributed by atoms with E-state index in [1.807, 2.05) is 6.92 Å². The smallest absolute Gasteiger partial charge is 0.322 e. The minimum absolute atomic E-state index is 0.0679. The van der Waals surface area contributed by atoms with Crippen LogP contribution in [0.15, 0.2) is 12.1 Å². The first-order chi connectivity index (χ1) is 10.4. The van der Waals surface area contributed by atoms with Crippen LogP contribution in [-0.2, 0) is 0 Å². The molecule has 1 aromatic carbocycles. The number of likely N-dealkylation sites (tertiary alicyclic amines) is 1. The van der Waals surface area contributed by atoms with Crippen LogP contribution in [0.4, 0.5) is 19.3 Å². The molecule has 2 N–H and O–H groups in total. The highest BCUT2D eigenvalue weighted by molar-refractivity contribution is 6.30. The number of anilines is 1. The minimum atomic E-state index is -0.909. The van der Waals surface area contributed by atoms with Crippen molar-refractivity contribution in [3.05, 3.63) is 28.8 Å². The maximum absolute atomic E-state index is 13.7. The van der Waals surface area contributed by atoms with Crippen LogP contribution in [0.3, 0.4) is 0 Å². The number of piperidine rings is 1. The fourth-order valence-corrected chi connectivity index (χ4v) is 2.85. The molecule has 1 aromatic rings. The molecule has 0 saturated carbocycles. The molecule has 1 aliphatic heterocycles. The normalized spacial score (nSPS) is 17.4. The summed E-state index contributed by atoms with van der Waals surface area (Å²) in [5.41, 5.74) is -0.656. The Morgan fingerprint density at radius 2 is 1.91 bits per heavy atom. The number of nitrogens with one attached hydrogen (secondary N) is 1. The molecule has 7 heteroatoms. The average Bonchev–Trinajstić information content (AvgIpc) is 2.50. The van der Waals surface area contributed by atoms with Crippen molar-refractivity contribution < 1.29 is 18.7 Å². The summed E-state index contributed by atoms with van der Waals surface area (Å²) in [5, 5.41) is 11.7. The zero-order chi connectivity index (χ0) is 16.3. The van der Waals surface area contributed by atoms with E-state index in [-0.39, 0.29) is 17.0 Å². The van der Waals surface area contributed by atoms with Gasteiger partial charge >= 0.3 is 6.03 Å². The van der Waals surface area contributed by atoms with Crippen molar-refractivity contribution in [2.24, 2.45) is 5.41 Å². The highest BCUT2D eigenvalue weighted by Crippen LogP contribution is 2.34. The third kappa shape index (κ3) is 3.50. The van der Waals surface area contributed by atoms with Crippen LogP contribution in [-0.4, -0.2) is 35.7 Å². The Labute approximate surface area is 133 Å². The third-order valence-corrected chi connectivity index (χ3v) is 4.65. The molecule has 1 heterocycles. The van der Waals surface area contributed by atoms with E-state index in [2.05, 4.69) is 5.32 Å². The quantitative estimate of drug-likeness (QED) is 0.888. The van der Waals surface area contributed by atoms with Gasteiger partial charge in [-0.15, -0.1) is 0 Å². The number of nitrogens with zero attached hydrogens (tertiary/aromatic N) is 1. The lowest BCUT2D eigenvalue weighted by Gasteiger charge is -2.40. The number of benzene rings is 1. The van der Waals surface area contributed by atoms with Crippen LogP contribution in [0.5, 0.6) is 0 Å². The van der Waals surface area contributed by atoms with Crippen molar-refractivity contribution >= 4 is 23.3 Å². The molecule has 2 rings (SSSR count). The van der Waals surface area contributed by atoms with Crippen molar-refractivity contribution in [1.82, 2.24) is 4.90 Å². The molecule has 0 unspecified atom stereocenters. The fraction of sp³-hybridized carbons (Fsp3) is 0.533. The summed E-state index contributed by atoms with van der Waals surface area (Å²) in [7, 11) is 0. The van der Waals surface area contributed by atoms with E-state index >= 15 is 0 Å². The van der Waals surface area contributed by atoms with E-state index in [4.69, 9.17) is 11.6 Å². The van der Waals surface area contributed by atoms with Crippen molar-refractivity contribution in [1.29, 1.82) is 0 Å². The monoisotopic (exact) mass is 332 g/mol. The summed E-state index contributed by atoms with van der Waals surface area (Å²) in [5.74, 6) is -1.82. The topological polar surface area (TPSA) is 52.6 Å². The summed E-state index contributed by atoms with van der Waals surface area (Å²) in [6, 6.07) is 1.34. The van der Waals surface area contributed by atoms with Gasteiger partial charge in [-0.25, -0.2) is 13.6 Å². The number of aliphatic hydroxyl groups is 1. The van der Waals surface area contributed by atoms with Crippen molar-refractivity contribution in [2.75, 3.05) is 25.0 Å². The second-order valence-electron chi connectivity index (χ2n) is 5.67. The van der Waals surface area contributed by atoms with Gasteiger partial charge in [0, 0.05) is 24.7 Å². The number of rotatable bonds is 3. The van der Waals surface area contributed by atoms with Crippen LogP contribution in [0.25, 0.3) is 0 Å². The van der Waals surface area contributed by atoms with E-state index in [0.29, 0.717) is 25.9 Å². The molecule has 0 spiro atoms. The van der Waals surface area contributed by atoms with Gasteiger partial charge in [-0.2, -0.15) is 0 Å². The van der Waals surface area contributed by atoms with Gasteiger partial charge in [0.1, 0.15) is 5.69 Å². The molecule has 0 aliphatic carbocycles. The summed E-state index contributed by atoms with van der Waals surface area (Å²) in [4.78, 5) is 13.6. The molecule has 2 amide bonds. The lowest BCUT2D eigenvalue weighted by atomic mass is 9.77. The number of halogens is 3. The first-order valence-corrected chi connectivity index (χ1v) is 7.60. The van der Waals surface area contributed by atoms with Crippen LogP contribution < -0.4 is 5.32 Å². The second-order valence-corrected chi connectivity index (χ2v) is 6.11. The molecule has 0 bridgehead atoms. The summed E-state index contributed by atoms with van der Waals surface area (Å²) >= 11 is 5.54. The van der Waals surface area contributed by atoms with Gasteiger partial charge in [0.15, 0.2) is 11.6 Å². The number of amides is 2. The third-order valence-electron chi connectivity index (χ3n) is 4.44. The zero-order valence-electron chi connectivity index (χ0n) is 12.3. The van der Waals surface area contributed by atoms with E-state index in [0.717, 1.165) is 18.6 Å². The van der Waals surface area contributed by atoms with Crippen LogP contribution in [0, 0.1) is 17.0 Å². The number of aliphatic hydroxyl groups excluding tert-OH is 1. The van der Waals surface area contributed by atoms with E-state index < -0.39 is 23.4 Å². The second kappa shape index (κ2) is 6.79. The Morgan fingerprint density at radius 3 is 2.36 bits per heavy atom. The number of hydrogen-bond acceptors (Lipinski definition) is 2. The summed E-state index contributed by atoms with van der Waals surface area (Å²) in [6.07, 6.45) is 2.16. The SMILES string of the molecule is CCC1(CO)CCN(C(=O)Nc2c(F)cc(Cl)cc2F)CC1. The maximum Gasteiger partial charge on any atom is 0.322 e. The Bertz CT molecular complexity index is 531. The molecule has 1 saturated heterocycles. The van der Waals surface area contributed by atoms with Gasteiger partial charge in [-0.1, -0.05) is 18.5 Å². The molecule has 0 aromatic heterocycles. The zero-order valence-corrected chi connectivity index (χ0v) is 13.1. The molecule has 22 heavy (non-hydrogen) atoms. The lowest BCUT2D eigenvalue weighted by molar-refractivity contribution is 0.0542. The Hall–Kier alpha value is -1.40. The molecular weight excluding hydrogens is 314 g/mol. The van der Waals surface area contributed by atoms with Crippen LogP contribution in [0.1, 0.15) is 26.2 Å². The summed E-state index contributed by atoms with van der Waals surface area (Å²) < 4.78 is 27.4. The highest BCUT2D eigenvalue weighted by Gasteiger charge is 2.34. The molecule has 0 atom stereocenters. The Balaban J connectivity index is 2.03. The predicted molar refractivity (Wildman–Crippen MR) is 81.0 cm³/mol. The van der Waals surface area contributed by atoms with Crippen molar-refractivity contribution in [3.63, 3.8) is 0 Å². The highest BCUT2D eigenvalue weighted by atomic mass is 35.5. The van der Waals surface area contributed by atoms with Gasteiger partial charge in [0.2, 0.25) is 0 Å². The Kier molecular flexibility index (Phi) is 5.24. The van der Waals surface area contributed by atoms with Gasteiger partial charge in [0.05, 0.1) is 0 Å².